The molecule has 17 heavy (non-hydrogen) atoms. The van der Waals surface area contributed by atoms with Crippen molar-refractivity contribution in [2.24, 2.45) is 0 Å². The number of rotatable bonds is 5. The topological polar surface area (TPSA) is 47.0 Å². The minimum atomic E-state index is 0.506. The highest BCUT2D eigenvalue weighted by Gasteiger charge is 2.07. The molecule has 1 heterocycles. The molecule has 0 spiro atoms. The van der Waals surface area contributed by atoms with E-state index < -0.39 is 0 Å². The Morgan fingerprint density at radius 1 is 1.35 bits per heavy atom. The standard InChI is InChI=1S/C11H12ClN3OS/c1-2-13-7-10-14-15-11(17-10)16-9-6-4-3-5-8(9)12/h3-6,13H,2,7H2,1H3. The van der Waals surface area contributed by atoms with E-state index in [1.807, 2.05) is 19.1 Å². The molecular formula is C11H12ClN3OS. The lowest BCUT2D eigenvalue weighted by Gasteiger charge is -2.01. The Labute approximate surface area is 109 Å². The zero-order chi connectivity index (χ0) is 12.1. The van der Waals surface area contributed by atoms with Crippen LogP contribution in [0.25, 0.3) is 0 Å². The summed E-state index contributed by atoms with van der Waals surface area (Å²) in [6.45, 7) is 3.66. The van der Waals surface area contributed by atoms with Crippen LogP contribution in [0.15, 0.2) is 24.3 Å². The number of nitrogens with zero attached hydrogens (tertiary/aromatic N) is 2. The van der Waals surface area contributed by atoms with Gasteiger partial charge >= 0.3 is 0 Å². The number of halogens is 1. The second-order valence-corrected chi connectivity index (χ2v) is 4.71. The molecule has 1 aromatic heterocycles. The first-order valence-electron chi connectivity index (χ1n) is 5.25. The van der Waals surface area contributed by atoms with Crippen LogP contribution in [0.2, 0.25) is 5.02 Å². The number of aromatic nitrogens is 2. The molecule has 0 aliphatic heterocycles. The fraction of sp³-hybridized carbons (Fsp3) is 0.273. The zero-order valence-corrected chi connectivity index (χ0v) is 10.9. The molecule has 2 rings (SSSR count). The van der Waals surface area contributed by atoms with Gasteiger partial charge in [-0.3, -0.25) is 0 Å². The predicted molar refractivity (Wildman–Crippen MR) is 68.8 cm³/mol. The molecular weight excluding hydrogens is 258 g/mol. The minimum Gasteiger partial charge on any atom is -0.428 e. The van der Waals surface area contributed by atoms with Gasteiger partial charge in [0.2, 0.25) is 0 Å². The van der Waals surface area contributed by atoms with Crippen molar-refractivity contribution >= 4 is 22.9 Å². The van der Waals surface area contributed by atoms with Gasteiger partial charge in [0.25, 0.3) is 5.19 Å². The van der Waals surface area contributed by atoms with Gasteiger partial charge in [0, 0.05) is 6.54 Å². The molecule has 0 saturated carbocycles. The number of benzene rings is 1. The largest absolute Gasteiger partial charge is 0.428 e. The van der Waals surface area contributed by atoms with Crippen molar-refractivity contribution in [2.75, 3.05) is 6.54 Å². The van der Waals surface area contributed by atoms with E-state index in [9.17, 15) is 0 Å². The first-order valence-corrected chi connectivity index (χ1v) is 6.44. The maximum Gasteiger partial charge on any atom is 0.299 e. The van der Waals surface area contributed by atoms with E-state index in [0.717, 1.165) is 11.6 Å². The van der Waals surface area contributed by atoms with E-state index in [0.29, 0.717) is 22.5 Å². The first kappa shape index (κ1) is 12.3. The highest BCUT2D eigenvalue weighted by Crippen LogP contribution is 2.30. The van der Waals surface area contributed by atoms with Crippen LogP contribution in [-0.4, -0.2) is 16.7 Å². The van der Waals surface area contributed by atoms with E-state index >= 15 is 0 Å². The minimum absolute atomic E-state index is 0.506. The van der Waals surface area contributed by atoms with Gasteiger partial charge in [0.15, 0.2) is 0 Å². The Kier molecular flexibility index (Phi) is 4.30. The van der Waals surface area contributed by atoms with Crippen LogP contribution >= 0.6 is 22.9 Å². The maximum absolute atomic E-state index is 5.98. The van der Waals surface area contributed by atoms with Gasteiger partial charge < -0.3 is 10.1 Å². The summed E-state index contributed by atoms with van der Waals surface area (Å²) in [5.41, 5.74) is 0. The molecule has 0 fully saturated rings. The fourth-order valence-corrected chi connectivity index (χ4v) is 2.05. The molecule has 2 aromatic rings. The van der Waals surface area contributed by atoms with Crippen molar-refractivity contribution in [3.05, 3.63) is 34.3 Å². The van der Waals surface area contributed by atoms with Gasteiger partial charge in [0.05, 0.1) is 5.02 Å². The molecule has 4 nitrogen and oxygen atoms in total. The summed E-state index contributed by atoms with van der Waals surface area (Å²) in [4.78, 5) is 0. The number of nitrogens with one attached hydrogen (secondary N) is 1. The molecule has 6 heteroatoms. The molecule has 1 N–H and O–H groups in total. The van der Waals surface area contributed by atoms with Crippen molar-refractivity contribution in [3.8, 4) is 10.9 Å². The summed E-state index contributed by atoms with van der Waals surface area (Å²) in [6, 6.07) is 7.29. The third-order valence-electron chi connectivity index (χ3n) is 2.01. The number of para-hydroxylation sites is 1. The van der Waals surface area contributed by atoms with Gasteiger partial charge in [-0.1, -0.05) is 47.1 Å². The molecule has 0 aliphatic carbocycles. The molecule has 0 atom stereocenters. The Morgan fingerprint density at radius 3 is 2.94 bits per heavy atom. The van der Waals surface area contributed by atoms with Gasteiger partial charge in [0.1, 0.15) is 10.8 Å². The summed E-state index contributed by atoms with van der Waals surface area (Å²) in [5, 5.41) is 13.1. The van der Waals surface area contributed by atoms with E-state index in [-0.39, 0.29) is 0 Å². The number of ether oxygens (including phenoxy) is 1. The summed E-state index contributed by atoms with van der Waals surface area (Å²) >= 11 is 7.39. The Morgan fingerprint density at radius 2 is 2.18 bits per heavy atom. The number of hydrogen-bond acceptors (Lipinski definition) is 5. The molecule has 0 radical (unpaired) electrons. The van der Waals surface area contributed by atoms with Crippen LogP contribution in [0, 0.1) is 0 Å². The summed E-state index contributed by atoms with van der Waals surface area (Å²) in [6.07, 6.45) is 0. The Hall–Kier alpha value is -1.17. The van der Waals surface area contributed by atoms with Gasteiger partial charge in [-0.15, -0.1) is 5.10 Å². The van der Waals surface area contributed by atoms with Crippen molar-refractivity contribution in [1.29, 1.82) is 0 Å². The van der Waals surface area contributed by atoms with Crippen LogP contribution in [-0.2, 0) is 6.54 Å². The Balaban J connectivity index is 2.04. The highest BCUT2D eigenvalue weighted by molar-refractivity contribution is 7.13. The molecule has 0 bridgehead atoms. The lowest BCUT2D eigenvalue weighted by molar-refractivity contribution is 0.473. The third kappa shape index (κ3) is 3.39. The van der Waals surface area contributed by atoms with Crippen molar-refractivity contribution in [3.63, 3.8) is 0 Å². The SMILES string of the molecule is CCNCc1nnc(Oc2ccccc2Cl)s1. The lowest BCUT2D eigenvalue weighted by atomic mass is 10.3. The Bertz CT molecular complexity index is 489. The molecule has 0 amide bonds. The first-order chi connectivity index (χ1) is 8.29. The summed E-state index contributed by atoms with van der Waals surface area (Å²) in [5.74, 6) is 0.598. The summed E-state index contributed by atoms with van der Waals surface area (Å²) < 4.78 is 5.55. The van der Waals surface area contributed by atoms with Crippen LogP contribution in [0.5, 0.6) is 10.9 Å². The van der Waals surface area contributed by atoms with E-state index in [4.69, 9.17) is 16.3 Å². The second-order valence-electron chi connectivity index (χ2n) is 3.27. The normalized spacial score (nSPS) is 10.5. The predicted octanol–water partition coefficient (Wildman–Crippen LogP) is 3.09. The van der Waals surface area contributed by atoms with Crippen molar-refractivity contribution in [2.45, 2.75) is 13.5 Å². The molecule has 0 saturated heterocycles. The summed E-state index contributed by atoms with van der Waals surface area (Å²) in [7, 11) is 0. The molecule has 0 unspecified atom stereocenters. The second kappa shape index (κ2) is 5.95. The smallest absolute Gasteiger partial charge is 0.299 e. The third-order valence-corrected chi connectivity index (χ3v) is 3.12. The monoisotopic (exact) mass is 269 g/mol. The van der Waals surface area contributed by atoms with Crippen molar-refractivity contribution < 1.29 is 4.74 Å². The van der Waals surface area contributed by atoms with E-state index in [1.165, 1.54) is 11.3 Å². The van der Waals surface area contributed by atoms with Gasteiger partial charge in [-0.2, -0.15) is 0 Å². The van der Waals surface area contributed by atoms with E-state index in [2.05, 4.69) is 15.5 Å². The molecule has 1 aromatic carbocycles. The fourth-order valence-electron chi connectivity index (χ4n) is 1.20. The number of hydrogen-bond donors (Lipinski definition) is 1. The van der Waals surface area contributed by atoms with E-state index in [1.54, 1.807) is 12.1 Å². The van der Waals surface area contributed by atoms with Crippen LogP contribution in [0.3, 0.4) is 0 Å². The zero-order valence-electron chi connectivity index (χ0n) is 9.31. The van der Waals surface area contributed by atoms with Crippen LogP contribution in [0.4, 0.5) is 0 Å². The lowest BCUT2D eigenvalue weighted by Crippen LogP contribution is -2.11. The molecule has 0 aliphatic rings. The highest BCUT2D eigenvalue weighted by atomic mass is 35.5. The van der Waals surface area contributed by atoms with Gasteiger partial charge in [-0.05, 0) is 18.7 Å². The molecule has 90 valence electrons. The quantitative estimate of drug-likeness (QED) is 0.906. The van der Waals surface area contributed by atoms with Crippen LogP contribution < -0.4 is 10.1 Å². The average molecular weight is 270 g/mol. The van der Waals surface area contributed by atoms with Crippen LogP contribution in [0.1, 0.15) is 11.9 Å². The average Bonchev–Trinajstić information content (AvgIpc) is 2.77. The van der Waals surface area contributed by atoms with Crippen molar-refractivity contribution in [1.82, 2.24) is 15.5 Å². The van der Waals surface area contributed by atoms with Gasteiger partial charge in [-0.25, -0.2) is 0 Å². The maximum atomic E-state index is 5.98.